The minimum absolute atomic E-state index is 0.0989. The van der Waals surface area contributed by atoms with Gasteiger partial charge in [0.15, 0.2) is 0 Å². The standard InChI is InChI=1S/C12H16N4S/c1-3-6-13-12(11-8-15-17-16-11)10-5-4-9(2)14-7-10/h4-5,7-8,12-13H,3,6H2,1-2H3. The number of hydrogen-bond donors (Lipinski definition) is 1. The Morgan fingerprint density at radius 2 is 2.24 bits per heavy atom. The molecular formula is C12H16N4S. The van der Waals surface area contributed by atoms with E-state index in [-0.39, 0.29) is 6.04 Å². The molecule has 0 radical (unpaired) electrons. The molecule has 2 heterocycles. The highest BCUT2D eigenvalue weighted by Gasteiger charge is 2.15. The molecule has 17 heavy (non-hydrogen) atoms. The van der Waals surface area contributed by atoms with E-state index < -0.39 is 0 Å². The van der Waals surface area contributed by atoms with Gasteiger partial charge in [0.05, 0.1) is 29.7 Å². The second-order valence-electron chi connectivity index (χ2n) is 3.95. The maximum absolute atomic E-state index is 4.33. The molecule has 0 amide bonds. The van der Waals surface area contributed by atoms with Gasteiger partial charge in [-0.3, -0.25) is 4.98 Å². The Labute approximate surface area is 105 Å². The predicted octanol–water partition coefficient (Wildman–Crippen LogP) is 2.33. The number of pyridine rings is 1. The molecule has 5 heteroatoms. The van der Waals surface area contributed by atoms with Gasteiger partial charge < -0.3 is 5.32 Å². The maximum atomic E-state index is 4.33. The average Bonchev–Trinajstić information content (AvgIpc) is 2.85. The minimum Gasteiger partial charge on any atom is -0.305 e. The fourth-order valence-corrected chi connectivity index (χ4v) is 2.08. The van der Waals surface area contributed by atoms with Gasteiger partial charge >= 0.3 is 0 Å². The Morgan fingerprint density at radius 3 is 2.82 bits per heavy atom. The van der Waals surface area contributed by atoms with Gasteiger partial charge in [0, 0.05) is 11.9 Å². The van der Waals surface area contributed by atoms with Crippen LogP contribution in [0.5, 0.6) is 0 Å². The number of nitrogens with zero attached hydrogens (tertiary/aromatic N) is 3. The Kier molecular flexibility index (Phi) is 4.17. The summed E-state index contributed by atoms with van der Waals surface area (Å²) in [7, 11) is 0. The van der Waals surface area contributed by atoms with Gasteiger partial charge in [-0.2, -0.15) is 8.75 Å². The molecule has 0 aliphatic heterocycles. The van der Waals surface area contributed by atoms with Crippen LogP contribution in [0.1, 0.15) is 36.3 Å². The molecule has 0 bridgehead atoms. The first-order chi connectivity index (χ1) is 8.31. The zero-order valence-electron chi connectivity index (χ0n) is 10.1. The lowest BCUT2D eigenvalue weighted by atomic mass is 10.1. The summed E-state index contributed by atoms with van der Waals surface area (Å²) in [5, 5.41) is 3.47. The summed E-state index contributed by atoms with van der Waals surface area (Å²) in [6.45, 7) is 5.09. The zero-order chi connectivity index (χ0) is 12.1. The molecule has 0 aliphatic carbocycles. The van der Waals surface area contributed by atoms with Crippen molar-refractivity contribution in [2.75, 3.05) is 6.54 Å². The van der Waals surface area contributed by atoms with Crippen LogP contribution in [0.25, 0.3) is 0 Å². The van der Waals surface area contributed by atoms with Crippen LogP contribution >= 0.6 is 11.7 Å². The Balaban J connectivity index is 2.23. The van der Waals surface area contributed by atoms with Crippen LogP contribution in [0.3, 0.4) is 0 Å². The van der Waals surface area contributed by atoms with E-state index in [0.717, 1.165) is 29.9 Å². The van der Waals surface area contributed by atoms with Crippen molar-refractivity contribution in [2.24, 2.45) is 0 Å². The summed E-state index contributed by atoms with van der Waals surface area (Å²) in [5.41, 5.74) is 3.13. The van der Waals surface area contributed by atoms with Gasteiger partial charge in [-0.1, -0.05) is 13.0 Å². The molecular weight excluding hydrogens is 232 g/mol. The number of aromatic nitrogens is 3. The van der Waals surface area contributed by atoms with Crippen LogP contribution in [0, 0.1) is 6.92 Å². The lowest BCUT2D eigenvalue weighted by Crippen LogP contribution is -2.23. The van der Waals surface area contributed by atoms with Crippen molar-refractivity contribution in [2.45, 2.75) is 26.3 Å². The van der Waals surface area contributed by atoms with Crippen LogP contribution < -0.4 is 5.32 Å². The second kappa shape index (κ2) is 5.84. The third-order valence-corrected chi connectivity index (χ3v) is 3.03. The fraction of sp³-hybridized carbons (Fsp3) is 0.417. The van der Waals surface area contributed by atoms with E-state index >= 15 is 0 Å². The molecule has 2 aromatic heterocycles. The first kappa shape index (κ1) is 12.1. The SMILES string of the molecule is CCCNC(c1ccc(C)nc1)c1cnsn1. The van der Waals surface area contributed by atoms with Crippen molar-refractivity contribution in [1.82, 2.24) is 19.0 Å². The smallest absolute Gasteiger partial charge is 0.0958 e. The van der Waals surface area contributed by atoms with E-state index in [9.17, 15) is 0 Å². The van der Waals surface area contributed by atoms with E-state index in [2.05, 4.69) is 32.0 Å². The Morgan fingerprint density at radius 1 is 1.35 bits per heavy atom. The Hall–Kier alpha value is -1.33. The molecule has 1 N–H and O–H groups in total. The molecule has 0 saturated heterocycles. The summed E-state index contributed by atoms with van der Waals surface area (Å²) in [6.07, 6.45) is 4.81. The van der Waals surface area contributed by atoms with Gasteiger partial charge in [0.2, 0.25) is 0 Å². The fourth-order valence-electron chi connectivity index (χ4n) is 1.63. The quantitative estimate of drug-likeness (QED) is 0.882. The number of nitrogens with one attached hydrogen (secondary N) is 1. The van der Waals surface area contributed by atoms with Crippen LogP contribution in [-0.2, 0) is 0 Å². The molecule has 1 atom stereocenters. The van der Waals surface area contributed by atoms with Gasteiger partial charge in [-0.05, 0) is 31.5 Å². The molecule has 90 valence electrons. The van der Waals surface area contributed by atoms with E-state index in [0.29, 0.717) is 0 Å². The third-order valence-electron chi connectivity index (χ3n) is 2.54. The molecule has 0 fully saturated rings. The molecule has 4 nitrogen and oxygen atoms in total. The van der Waals surface area contributed by atoms with Crippen LogP contribution in [0.4, 0.5) is 0 Å². The molecule has 0 aromatic carbocycles. The van der Waals surface area contributed by atoms with E-state index in [4.69, 9.17) is 0 Å². The van der Waals surface area contributed by atoms with Crippen molar-refractivity contribution < 1.29 is 0 Å². The summed E-state index contributed by atoms with van der Waals surface area (Å²) in [6, 6.07) is 4.21. The van der Waals surface area contributed by atoms with E-state index in [1.807, 2.05) is 25.4 Å². The van der Waals surface area contributed by atoms with Crippen molar-refractivity contribution in [1.29, 1.82) is 0 Å². The minimum atomic E-state index is 0.0989. The molecule has 2 aromatic rings. The molecule has 1 unspecified atom stereocenters. The zero-order valence-corrected chi connectivity index (χ0v) is 10.9. The average molecular weight is 248 g/mol. The summed E-state index contributed by atoms with van der Waals surface area (Å²) < 4.78 is 8.37. The van der Waals surface area contributed by atoms with E-state index in [1.54, 1.807) is 0 Å². The maximum Gasteiger partial charge on any atom is 0.0958 e. The Bertz CT molecular complexity index is 438. The number of hydrogen-bond acceptors (Lipinski definition) is 5. The van der Waals surface area contributed by atoms with Crippen LogP contribution in [0.15, 0.2) is 24.5 Å². The topological polar surface area (TPSA) is 50.7 Å². The van der Waals surface area contributed by atoms with Gasteiger partial charge in [0.25, 0.3) is 0 Å². The first-order valence-electron chi connectivity index (χ1n) is 5.74. The lowest BCUT2D eigenvalue weighted by Gasteiger charge is -2.16. The monoisotopic (exact) mass is 248 g/mol. The third kappa shape index (κ3) is 3.08. The van der Waals surface area contributed by atoms with Gasteiger partial charge in [0.1, 0.15) is 0 Å². The molecule has 0 aliphatic rings. The summed E-state index contributed by atoms with van der Waals surface area (Å²) in [5.74, 6) is 0. The molecule has 0 saturated carbocycles. The predicted molar refractivity (Wildman–Crippen MR) is 69.0 cm³/mol. The van der Waals surface area contributed by atoms with Crippen molar-refractivity contribution in [3.63, 3.8) is 0 Å². The molecule has 0 spiro atoms. The number of rotatable bonds is 5. The normalized spacial score (nSPS) is 12.6. The van der Waals surface area contributed by atoms with E-state index in [1.165, 1.54) is 11.7 Å². The highest BCUT2D eigenvalue weighted by Crippen LogP contribution is 2.20. The van der Waals surface area contributed by atoms with Gasteiger partial charge in [-0.25, -0.2) is 0 Å². The van der Waals surface area contributed by atoms with Crippen molar-refractivity contribution in [3.05, 3.63) is 41.5 Å². The number of aryl methyl sites for hydroxylation is 1. The first-order valence-corrected chi connectivity index (χ1v) is 6.47. The largest absolute Gasteiger partial charge is 0.305 e. The lowest BCUT2D eigenvalue weighted by molar-refractivity contribution is 0.588. The van der Waals surface area contributed by atoms with Gasteiger partial charge in [-0.15, -0.1) is 0 Å². The summed E-state index contributed by atoms with van der Waals surface area (Å²) >= 11 is 1.24. The summed E-state index contributed by atoms with van der Waals surface area (Å²) in [4.78, 5) is 4.33. The van der Waals surface area contributed by atoms with Crippen molar-refractivity contribution >= 4 is 11.7 Å². The van der Waals surface area contributed by atoms with Crippen LogP contribution in [-0.4, -0.2) is 20.3 Å². The van der Waals surface area contributed by atoms with Crippen LogP contribution in [0.2, 0.25) is 0 Å². The second-order valence-corrected chi connectivity index (χ2v) is 4.51. The highest BCUT2D eigenvalue weighted by molar-refractivity contribution is 6.99. The molecule has 2 rings (SSSR count). The highest BCUT2D eigenvalue weighted by atomic mass is 32.1. The van der Waals surface area contributed by atoms with Crippen molar-refractivity contribution in [3.8, 4) is 0 Å².